The monoisotopic (exact) mass is 366 g/mol. The first-order chi connectivity index (χ1) is 13.0. The Kier molecular flexibility index (Phi) is 6.09. The normalized spacial score (nSPS) is 14.7. The van der Waals surface area contributed by atoms with Crippen LogP contribution in [0, 0.1) is 0 Å². The third kappa shape index (κ3) is 4.65. The van der Waals surface area contributed by atoms with Crippen molar-refractivity contribution >= 4 is 17.4 Å². The number of nitrogens with zero attached hydrogens (tertiary/aromatic N) is 2. The summed E-state index contributed by atoms with van der Waals surface area (Å²) in [5.41, 5.74) is 3.52. The molecule has 5 heteroatoms. The van der Waals surface area contributed by atoms with Gasteiger partial charge in [-0.1, -0.05) is 58.7 Å². The molecule has 1 aliphatic rings. The number of nitrogens with one attached hydrogen (secondary N) is 2. The zero-order valence-electron chi connectivity index (χ0n) is 16.7. The van der Waals surface area contributed by atoms with E-state index < -0.39 is 0 Å². The molecule has 5 nitrogen and oxygen atoms in total. The van der Waals surface area contributed by atoms with Crippen LogP contribution in [0.2, 0.25) is 0 Å². The molecule has 2 aromatic rings. The smallest absolute Gasteiger partial charge is 0.275 e. The van der Waals surface area contributed by atoms with E-state index in [1.807, 2.05) is 0 Å². The van der Waals surface area contributed by atoms with Crippen LogP contribution in [0.15, 0.2) is 30.6 Å². The summed E-state index contributed by atoms with van der Waals surface area (Å²) in [6.07, 6.45) is 8.09. The molecule has 27 heavy (non-hydrogen) atoms. The third-order valence-electron chi connectivity index (χ3n) is 5.20. The molecule has 0 unspecified atom stereocenters. The van der Waals surface area contributed by atoms with E-state index in [0.717, 1.165) is 22.6 Å². The van der Waals surface area contributed by atoms with Gasteiger partial charge in [0.15, 0.2) is 0 Å². The fraction of sp³-hybridized carbons (Fsp3) is 0.500. The second kappa shape index (κ2) is 8.51. The second-order valence-electron chi connectivity index (χ2n) is 7.99. The highest BCUT2D eigenvalue weighted by Gasteiger charge is 2.18. The first-order valence-electron chi connectivity index (χ1n) is 9.98. The number of carbonyl (C=O) groups excluding carboxylic acids is 1. The quantitative estimate of drug-likeness (QED) is 0.725. The minimum atomic E-state index is -0.218. The zero-order valence-corrected chi connectivity index (χ0v) is 16.7. The van der Waals surface area contributed by atoms with Crippen LogP contribution in [0.4, 0.5) is 11.5 Å². The van der Waals surface area contributed by atoms with Gasteiger partial charge in [-0.3, -0.25) is 4.79 Å². The number of amides is 1. The van der Waals surface area contributed by atoms with E-state index in [2.05, 4.69) is 66.5 Å². The molecular formula is C22H30N4O. The predicted molar refractivity (Wildman–Crippen MR) is 110 cm³/mol. The van der Waals surface area contributed by atoms with Crippen molar-refractivity contribution in [2.24, 2.45) is 0 Å². The molecule has 1 aromatic heterocycles. The minimum absolute atomic E-state index is 0.218. The van der Waals surface area contributed by atoms with E-state index in [1.165, 1.54) is 25.7 Å². The molecule has 1 heterocycles. The fourth-order valence-electron chi connectivity index (χ4n) is 3.67. The van der Waals surface area contributed by atoms with Crippen LogP contribution in [0.5, 0.6) is 0 Å². The van der Waals surface area contributed by atoms with Gasteiger partial charge in [0.2, 0.25) is 0 Å². The number of para-hydroxylation sites is 1. The molecule has 1 saturated carbocycles. The lowest BCUT2D eigenvalue weighted by Gasteiger charge is -2.20. The lowest BCUT2D eigenvalue weighted by molar-refractivity contribution is 0.102. The average Bonchev–Trinajstić information content (AvgIpc) is 3.15. The van der Waals surface area contributed by atoms with E-state index in [4.69, 9.17) is 0 Å². The molecule has 1 fully saturated rings. The van der Waals surface area contributed by atoms with Crippen molar-refractivity contribution in [2.75, 3.05) is 10.6 Å². The Morgan fingerprint density at radius 1 is 1.00 bits per heavy atom. The van der Waals surface area contributed by atoms with Crippen LogP contribution in [0.3, 0.4) is 0 Å². The van der Waals surface area contributed by atoms with Gasteiger partial charge in [0.25, 0.3) is 5.91 Å². The Hall–Kier alpha value is -2.43. The highest BCUT2D eigenvalue weighted by Crippen LogP contribution is 2.32. The van der Waals surface area contributed by atoms with Gasteiger partial charge in [-0.15, -0.1) is 0 Å². The Bertz CT molecular complexity index is 751. The van der Waals surface area contributed by atoms with Crippen LogP contribution in [0.25, 0.3) is 0 Å². The van der Waals surface area contributed by atoms with E-state index >= 15 is 0 Å². The molecule has 0 bridgehead atoms. The summed E-state index contributed by atoms with van der Waals surface area (Å²) in [6.45, 7) is 8.55. The average molecular weight is 367 g/mol. The Morgan fingerprint density at radius 3 is 2.15 bits per heavy atom. The van der Waals surface area contributed by atoms with Crippen LogP contribution in [-0.4, -0.2) is 21.9 Å². The highest BCUT2D eigenvalue weighted by atomic mass is 16.1. The molecule has 3 rings (SSSR count). The summed E-state index contributed by atoms with van der Waals surface area (Å²) >= 11 is 0. The van der Waals surface area contributed by atoms with Gasteiger partial charge in [-0.25, -0.2) is 9.97 Å². The van der Waals surface area contributed by atoms with Crippen LogP contribution in [0.1, 0.15) is 86.8 Å². The van der Waals surface area contributed by atoms with Crippen molar-refractivity contribution in [1.82, 2.24) is 9.97 Å². The van der Waals surface area contributed by atoms with E-state index in [9.17, 15) is 4.79 Å². The van der Waals surface area contributed by atoms with Gasteiger partial charge >= 0.3 is 0 Å². The molecule has 1 aromatic carbocycles. The van der Waals surface area contributed by atoms with Gasteiger partial charge < -0.3 is 10.6 Å². The lowest BCUT2D eigenvalue weighted by atomic mass is 9.92. The topological polar surface area (TPSA) is 66.9 Å². The fourth-order valence-corrected chi connectivity index (χ4v) is 3.67. The lowest BCUT2D eigenvalue weighted by Crippen LogP contribution is -2.19. The molecular weight excluding hydrogens is 336 g/mol. The van der Waals surface area contributed by atoms with Crippen LogP contribution < -0.4 is 10.6 Å². The summed E-state index contributed by atoms with van der Waals surface area (Å²) in [7, 11) is 0. The van der Waals surface area contributed by atoms with Crippen molar-refractivity contribution in [2.45, 2.75) is 71.3 Å². The van der Waals surface area contributed by atoms with Crippen molar-refractivity contribution in [3.8, 4) is 0 Å². The number of benzene rings is 1. The molecule has 144 valence electrons. The summed E-state index contributed by atoms with van der Waals surface area (Å²) < 4.78 is 0. The van der Waals surface area contributed by atoms with E-state index in [-0.39, 0.29) is 5.91 Å². The number of aromatic nitrogens is 2. The van der Waals surface area contributed by atoms with Gasteiger partial charge in [0.1, 0.15) is 11.5 Å². The van der Waals surface area contributed by atoms with Crippen molar-refractivity contribution in [1.29, 1.82) is 0 Å². The first-order valence-corrected chi connectivity index (χ1v) is 9.98. The first kappa shape index (κ1) is 19.3. The summed E-state index contributed by atoms with van der Waals surface area (Å²) in [4.78, 5) is 21.5. The van der Waals surface area contributed by atoms with Crippen LogP contribution >= 0.6 is 0 Å². The third-order valence-corrected chi connectivity index (χ3v) is 5.20. The summed E-state index contributed by atoms with van der Waals surface area (Å²) in [5.74, 6) is 1.17. The number of rotatable bonds is 6. The zero-order chi connectivity index (χ0) is 19.4. The van der Waals surface area contributed by atoms with Crippen LogP contribution in [-0.2, 0) is 0 Å². The molecule has 2 N–H and O–H groups in total. The second-order valence-corrected chi connectivity index (χ2v) is 7.99. The van der Waals surface area contributed by atoms with E-state index in [0.29, 0.717) is 23.6 Å². The number of hydrogen-bond donors (Lipinski definition) is 2. The minimum Gasteiger partial charge on any atom is -0.366 e. The Labute approximate surface area is 162 Å². The number of anilines is 2. The number of carbonyl (C=O) groups is 1. The van der Waals surface area contributed by atoms with Gasteiger partial charge in [0, 0.05) is 11.7 Å². The molecule has 0 saturated heterocycles. The standard InChI is InChI=1S/C22H30N4O/c1-14(2)17-10-7-11-18(15(3)4)21(17)26-22(27)19-12-24-20(13-23-19)25-16-8-5-6-9-16/h7,10-16H,5-6,8-9H2,1-4H3,(H,24,25)(H,26,27). The van der Waals surface area contributed by atoms with Gasteiger partial charge in [0.05, 0.1) is 12.4 Å². The molecule has 0 atom stereocenters. The summed E-state index contributed by atoms with van der Waals surface area (Å²) in [6, 6.07) is 6.69. The van der Waals surface area contributed by atoms with Gasteiger partial charge in [-0.2, -0.15) is 0 Å². The predicted octanol–water partition coefficient (Wildman–Crippen LogP) is 5.33. The maximum absolute atomic E-state index is 12.8. The van der Waals surface area contributed by atoms with Crippen molar-refractivity contribution in [3.63, 3.8) is 0 Å². The maximum Gasteiger partial charge on any atom is 0.275 e. The largest absolute Gasteiger partial charge is 0.366 e. The van der Waals surface area contributed by atoms with Crippen molar-refractivity contribution in [3.05, 3.63) is 47.4 Å². The van der Waals surface area contributed by atoms with Crippen molar-refractivity contribution < 1.29 is 4.79 Å². The molecule has 0 aliphatic heterocycles. The molecule has 0 spiro atoms. The maximum atomic E-state index is 12.8. The molecule has 0 radical (unpaired) electrons. The van der Waals surface area contributed by atoms with Gasteiger partial charge in [-0.05, 0) is 35.8 Å². The van der Waals surface area contributed by atoms with E-state index in [1.54, 1.807) is 12.4 Å². The SMILES string of the molecule is CC(C)c1cccc(C(C)C)c1NC(=O)c1cnc(NC2CCCC2)cn1. The Balaban J connectivity index is 1.77. The molecule has 1 amide bonds. The summed E-state index contributed by atoms with van der Waals surface area (Å²) in [5, 5.41) is 6.49. The number of hydrogen-bond acceptors (Lipinski definition) is 4. The highest BCUT2D eigenvalue weighted by molar-refractivity contribution is 6.03. The molecule has 1 aliphatic carbocycles. The Morgan fingerprint density at radius 2 is 1.63 bits per heavy atom.